The summed E-state index contributed by atoms with van der Waals surface area (Å²) in [4.78, 5) is 10.9. The molecule has 0 radical (unpaired) electrons. The van der Waals surface area contributed by atoms with Gasteiger partial charge in [0.15, 0.2) is 0 Å². The van der Waals surface area contributed by atoms with Gasteiger partial charge in [0.2, 0.25) is 0 Å². The average molecular weight is 263 g/mol. The second-order valence-corrected chi connectivity index (χ2v) is 4.02. The normalized spacial score (nSPS) is 9.63. The highest BCUT2D eigenvalue weighted by atomic mass is 16.4. The van der Waals surface area contributed by atoms with Crippen LogP contribution in [0.25, 0.3) is 5.69 Å². The maximum Gasteiger partial charge on any atom is 0.339 e. The average Bonchev–Trinajstić information content (AvgIpc) is 2.86. The summed E-state index contributed by atoms with van der Waals surface area (Å²) in [5, 5.41) is 25.8. The van der Waals surface area contributed by atoms with Crippen LogP contribution in [0.1, 0.15) is 36.2 Å². The minimum Gasteiger partial charge on any atom is -0.507 e. The molecule has 0 aliphatic rings. The molecule has 0 saturated heterocycles. The molecule has 0 aliphatic heterocycles. The fourth-order valence-electron chi connectivity index (χ4n) is 1.40. The summed E-state index contributed by atoms with van der Waals surface area (Å²) in [5.74, 6) is -1.40. The second kappa shape index (κ2) is 6.53. The number of aromatic hydroxyl groups is 1. The largest absolute Gasteiger partial charge is 0.507 e. The second-order valence-electron chi connectivity index (χ2n) is 4.02. The Kier molecular flexibility index (Phi) is 5.05. The van der Waals surface area contributed by atoms with Gasteiger partial charge in [-0.05, 0) is 24.6 Å². The number of nitrogens with zero attached hydrogens (tertiary/aromatic N) is 3. The molecule has 0 saturated carbocycles. The summed E-state index contributed by atoms with van der Waals surface area (Å²) in [5.41, 5.74) is 0.876. The first-order valence-corrected chi connectivity index (χ1v) is 5.94. The fraction of sp³-hybridized carbons (Fsp3) is 0.308. The molecule has 2 rings (SSSR count). The van der Waals surface area contributed by atoms with Gasteiger partial charge in [0, 0.05) is 0 Å². The lowest BCUT2D eigenvalue weighted by Crippen LogP contribution is -2.02. The Morgan fingerprint density at radius 1 is 1.37 bits per heavy atom. The van der Waals surface area contributed by atoms with Crippen molar-refractivity contribution in [1.29, 1.82) is 0 Å². The molecule has 1 aromatic heterocycles. The van der Waals surface area contributed by atoms with Gasteiger partial charge in [0.05, 0.1) is 18.1 Å². The SMILES string of the molecule is CCC.Cc1cc(-n2ccnn2)cc(C(=O)O)c1O. The van der Waals surface area contributed by atoms with Crippen molar-refractivity contribution in [2.45, 2.75) is 27.2 Å². The Morgan fingerprint density at radius 3 is 2.47 bits per heavy atom. The van der Waals surface area contributed by atoms with Gasteiger partial charge in [0.25, 0.3) is 0 Å². The van der Waals surface area contributed by atoms with Crippen LogP contribution >= 0.6 is 0 Å². The number of carboxylic acids is 1. The van der Waals surface area contributed by atoms with Gasteiger partial charge < -0.3 is 10.2 Å². The van der Waals surface area contributed by atoms with E-state index < -0.39 is 5.97 Å². The standard InChI is InChI=1S/C10H9N3O3.C3H8/c1-6-4-7(13-3-2-11-12-13)5-8(9(6)14)10(15)16;1-3-2/h2-5,14H,1H3,(H,15,16);3H2,1-2H3. The Bertz CT molecular complexity index is 551. The Hall–Kier alpha value is -2.37. The zero-order valence-electron chi connectivity index (χ0n) is 11.2. The predicted octanol–water partition coefficient (Wildman–Crippen LogP) is 2.40. The van der Waals surface area contributed by atoms with Crippen molar-refractivity contribution in [3.8, 4) is 11.4 Å². The zero-order valence-corrected chi connectivity index (χ0v) is 11.2. The number of carboxylic acid groups (broad SMARTS) is 1. The molecule has 2 aromatic rings. The number of hydrogen-bond acceptors (Lipinski definition) is 4. The number of benzene rings is 1. The highest BCUT2D eigenvalue weighted by molar-refractivity contribution is 5.92. The van der Waals surface area contributed by atoms with Gasteiger partial charge >= 0.3 is 5.97 Å². The topological polar surface area (TPSA) is 88.2 Å². The van der Waals surface area contributed by atoms with Crippen LogP contribution in [0.15, 0.2) is 24.5 Å². The molecule has 6 nitrogen and oxygen atoms in total. The highest BCUT2D eigenvalue weighted by Crippen LogP contribution is 2.25. The first-order chi connectivity index (χ1) is 9.01. The maximum atomic E-state index is 10.9. The van der Waals surface area contributed by atoms with Gasteiger partial charge in [-0.15, -0.1) is 5.10 Å². The molecule has 6 heteroatoms. The molecule has 0 fully saturated rings. The maximum absolute atomic E-state index is 10.9. The van der Waals surface area contributed by atoms with E-state index >= 15 is 0 Å². The Morgan fingerprint density at radius 2 is 2.00 bits per heavy atom. The first kappa shape index (κ1) is 14.7. The van der Waals surface area contributed by atoms with Gasteiger partial charge in [-0.2, -0.15) is 0 Å². The number of phenols is 1. The quantitative estimate of drug-likeness (QED) is 0.868. The fourth-order valence-corrected chi connectivity index (χ4v) is 1.40. The molecule has 102 valence electrons. The smallest absolute Gasteiger partial charge is 0.339 e. The van der Waals surface area contributed by atoms with E-state index in [1.54, 1.807) is 19.2 Å². The van der Waals surface area contributed by atoms with E-state index in [1.807, 2.05) is 0 Å². The lowest BCUT2D eigenvalue weighted by Gasteiger charge is -2.07. The predicted molar refractivity (Wildman–Crippen MR) is 70.7 cm³/mol. The van der Waals surface area contributed by atoms with E-state index in [9.17, 15) is 9.90 Å². The van der Waals surface area contributed by atoms with Gasteiger partial charge in [-0.1, -0.05) is 25.5 Å². The summed E-state index contributed by atoms with van der Waals surface area (Å²) in [6.45, 7) is 5.88. The molecule has 0 spiro atoms. The van der Waals surface area contributed by atoms with Crippen molar-refractivity contribution >= 4 is 5.97 Å². The molecular formula is C13H17N3O3. The molecule has 0 amide bonds. The molecule has 0 aliphatic carbocycles. The van der Waals surface area contributed by atoms with Crippen LogP contribution in [0.2, 0.25) is 0 Å². The van der Waals surface area contributed by atoms with E-state index in [4.69, 9.17) is 5.11 Å². The van der Waals surface area contributed by atoms with Crippen LogP contribution in [0.4, 0.5) is 0 Å². The van der Waals surface area contributed by atoms with Crippen molar-refractivity contribution < 1.29 is 15.0 Å². The van der Waals surface area contributed by atoms with Gasteiger partial charge in [0.1, 0.15) is 11.3 Å². The van der Waals surface area contributed by atoms with Crippen molar-refractivity contribution in [2.24, 2.45) is 0 Å². The van der Waals surface area contributed by atoms with Crippen LogP contribution in [-0.2, 0) is 0 Å². The number of aromatic carboxylic acids is 1. The van der Waals surface area contributed by atoms with Crippen LogP contribution in [-0.4, -0.2) is 31.2 Å². The van der Waals surface area contributed by atoms with Crippen LogP contribution in [0.3, 0.4) is 0 Å². The summed E-state index contributed by atoms with van der Waals surface area (Å²) in [6.07, 6.45) is 4.33. The van der Waals surface area contributed by atoms with Crippen LogP contribution in [0.5, 0.6) is 5.75 Å². The number of hydrogen-bond donors (Lipinski definition) is 2. The Labute approximate surface area is 111 Å². The van der Waals surface area contributed by atoms with E-state index in [0.717, 1.165) is 0 Å². The highest BCUT2D eigenvalue weighted by Gasteiger charge is 2.14. The lowest BCUT2D eigenvalue weighted by molar-refractivity contribution is 0.0693. The van der Waals surface area contributed by atoms with E-state index in [0.29, 0.717) is 11.3 Å². The molecule has 1 aromatic carbocycles. The van der Waals surface area contributed by atoms with Crippen LogP contribution < -0.4 is 0 Å². The first-order valence-electron chi connectivity index (χ1n) is 5.94. The number of aryl methyl sites for hydroxylation is 1. The number of carbonyl (C=O) groups is 1. The number of rotatable bonds is 2. The van der Waals surface area contributed by atoms with Gasteiger partial charge in [-0.3, -0.25) is 0 Å². The zero-order chi connectivity index (χ0) is 14.4. The molecule has 19 heavy (non-hydrogen) atoms. The van der Waals surface area contributed by atoms with Crippen molar-refractivity contribution in [3.63, 3.8) is 0 Å². The third-order valence-electron chi connectivity index (χ3n) is 2.20. The third kappa shape index (κ3) is 3.54. The molecule has 0 bridgehead atoms. The van der Waals surface area contributed by atoms with Crippen molar-refractivity contribution in [2.75, 3.05) is 0 Å². The molecular weight excluding hydrogens is 246 g/mol. The summed E-state index contributed by atoms with van der Waals surface area (Å²) >= 11 is 0. The molecule has 0 atom stereocenters. The molecule has 2 N–H and O–H groups in total. The minimum atomic E-state index is -1.18. The van der Waals surface area contributed by atoms with Gasteiger partial charge in [-0.25, -0.2) is 9.48 Å². The van der Waals surface area contributed by atoms with Crippen molar-refractivity contribution in [3.05, 3.63) is 35.7 Å². The number of aromatic nitrogens is 3. The van der Waals surface area contributed by atoms with Crippen LogP contribution in [0, 0.1) is 6.92 Å². The minimum absolute atomic E-state index is 0.148. The van der Waals surface area contributed by atoms with E-state index in [2.05, 4.69) is 24.2 Å². The third-order valence-corrected chi connectivity index (χ3v) is 2.20. The van der Waals surface area contributed by atoms with E-state index in [1.165, 1.54) is 23.4 Å². The Balaban J connectivity index is 0.000000550. The summed E-state index contributed by atoms with van der Waals surface area (Å²) < 4.78 is 1.43. The molecule has 1 heterocycles. The van der Waals surface area contributed by atoms with E-state index in [-0.39, 0.29) is 11.3 Å². The molecule has 0 unspecified atom stereocenters. The monoisotopic (exact) mass is 263 g/mol. The van der Waals surface area contributed by atoms with Crippen molar-refractivity contribution in [1.82, 2.24) is 15.0 Å². The summed E-state index contributed by atoms with van der Waals surface area (Å²) in [6, 6.07) is 2.98. The summed E-state index contributed by atoms with van der Waals surface area (Å²) in [7, 11) is 0. The lowest BCUT2D eigenvalue weighted by atomic mass is 10.1.